The number of fused-ring (bicyclic) bond motifs is 1. The van der Waals surface area contributed by atoms with Crippen molar-refractivity contribution in [2.75, 3.05) is 32.1 Å². The molecule has 1 N–H and O–H groups in total. The Morgan fingerprint density at radius 3 is 2.96 bits per heavy atom. The molecule has 1 fully saturated rings. The van der Waals surface area contributed by atoms with E-state index < -0.39 is 0 Å². The van der Waals surface area contributed by atoms with Crippen molar-refractivity contribution in [2.24, 2.45) is 0 Å². The first-order valence-electron chi connectivity index (χ1n) is 8.51. The fourth-order valence-corrected chi connectivity index (χ4v) is 3.21. The number of pyridine rings is 1. The van der Waals surface area contributed by atoms with Crippen LogP contribution in [0.5, 0.6) is 0 Å². The number of nitrogens with one attached hydrogen (secondary N) is 1. The number of rotatable bonds is 4. The Morgan fingerprint density at radius 1 is 1.16 bits per heavy atom. The average molecular weight is 335 g/mol. The van der Waals surface area contributed by atoms with E-state index in [1.807, 2.05) is 19.2 Å². The van der Waals surface area contributed by atoms with Crippen molar-refractivity contribution in [1.82, 2.24) is 19.9 Å². The maximum atomic E-state index is 5.94. The van der Waals surface area contributed by atoms with E-state index in [1.54, 1.807) is 12.4 Å². The first kappa shape index (κ1) is 15.9. The van der Waals surface area contributed by atoms with Crippen LogP contribution in [0.15, 0.2) is 48.8 Å². The van der Waals surface area contributed by atoms with Gasteiger partial charge >= 0.3 is 0 Å². The van der Waals surface area contributed by atoms with E-state index in [4.69, 9.17) is 9.72 Å². The molecule has 1 atom stereocenters. The van der Waals surface area contributed by atoms with Crippen LogP contribution in [0.1, 0.15) is 17.5 Å². The van der Waals surface area contributed by atoms with Gasteiger partial charge in [0.1, 0.15) is 17.6 Å². The molecule has 4 rings (SSSR count). The van der Waals surface area contributed by atoms with Crippen molar-refractivity contribution in [3.63, 3.8) is 0 Å². The molecular formula is C19H21N5O. The van der Waals surface area contributed by atoms with Gasteiger partial charge in [0.05, 0.1) is 17.8 Å². The quantitative estimate of drug-likeness (QED) is 0.791. The molecule has 6 heteroatoms. The predicted molar refractivity (Wildman–Crippen MR) is 97.3 cm³/mol. The fourth-order valence-electron chi connectivity index (χ4n) is 3.21. The number of anilines is 1. The minimum atomic E-state index is -0.0784. The van der Waals surface area contributed by atoms with Crippen LogP contribution < -0.4 is 5.32 Å². The number of hydrogen-bond donors (Lipinski definition) is 1. The van der Waals surface area contributed by atoms with Crippen LogP contribution in [0.2, 0.25) is 0 Å². The van der Waals surface area contributed by atoms with E-state index in [-0.39, 0.29) is 6.10 Å². The third-order valence-corrected chi connectivity index (χ3v) is 4.46. The number of hydrogen-bond acceptors (Lipinski definition) is 6. The van der Waals surface area contributed by atoms with Gasteiger partial charge in [0.15, 0.2) is 0 Å². The van der Waals surface area contributed by atoms with Crippen LogP contribution >= 0.6 is 0 Å². The van der Waals surface area contributed by atoms with Crippen molar-refractivity contribution in [3.8, 4) is 0 Å². The molecule has 0 saturated carbocycles. The molecule has 3 aromatic rings. The van der Waals surface area contributed by atoms with Gasteiger partial charge in [-0.1, -0.05) is 24.3 Å². The second-order valence-electron chi connectivity index (χ2n) is 6.13. The molecule has 1 saturated heterocycles. The summed E-state index contributed by atoms with van der Waals surface area (Å²) in [6.45, 7) is 3.15. The molecule has 1 aliphatic rings. The summed E-state index contributed by atoms with van der Waals surface area (Å²) >= 11 is 0. The molecule has 2 aromatic heterocycles. The summed E-state index contributed by atoms with van der Waals surface area (Å²) in [6, 6.07) is 12.4. The van der Waals surface area contributed by atoms with Crippen molar-refractivity contribution >= 4 is 16.7 Å². The Bertz CT molecular complexity index is 869. The van der Waals surface area contributed by atoms with Crippen molar-refractivity contribution in [1.29, 1.82) is 0 Å². The van der Waals surface area contributed by atoms with Gasteiger partial charge in [0.2, 0.25) is 0 Å². The first-order chi connectivity index (χ1) is 12.3. The topological polar surface area (TPSA) is 63.2 Å². The maximum Gasteiger partial charge on any atom is 0.150 e. The lowest BCUT2D eigenvalue weighted by atomic mass is 10.1. The van der Waals surface area contributed by atoms with Gasteiger partial charge < -0.3 is 10.1 Å². The summed E-state index contributed by atoms with van der Waals surface area (Å²) in [5, 5.41) is 4.26. The Kier molecular flexibility index (Phi) is 4.54. The average Bonchev–Trinajstić information content (AvgIpc) is 2.68. The first-order valence-corrected chi connectivity index (χ1v) is 8.51. The molecule has 0 aliphatic carbocycles. The number of nitrogens with zero attached hydrogens (tertiary/aromatic N) is 4. The lowest BCUT2D eigenvalue weighted by Gasteiger charge is -2.32. The third kappa shape index (κ3) is 3.45. The standard InChI is InChI=1S/C19H21N5O/c1-20-19-18(21-8-9-22-19)17-13-24(10-11-25-17)12-15-7-6-14-4-2-3-5-16(14)23-15/h2-9,17H,10-13H2,1H3,(H,20,22). The molecule has 0 amide bonds. The summed E-state index contributed by atoms with van der Waals surface area (Å²) in [4.78, 5) is 15.9. The van der Waals surface area contributed by atoms with Crippen molar-refractivity contribution < 1.29 is 4.74 Å². The highest BCUT2D eigenvalue weighted by Crippen LogP contribution is 2.25. The van der Waals surface area contributed by atoms with Crippen molar-refractivity contribution in [2.45, 2.75) is 12.6 Å². The lowest BCUT2D eigenvalue weighted by Crippen LogP contribution is -2.38. The van der Waals surface area contributed by atoms with Gasteiger partial charge in [0.25, 0.3) is 0 Å². The zero-order chi connectivity index (χ0) is 17.1. The minimum absolute atomic E-state index is 0.0784. The monoisotopic (exact) mass is 335 g/mol. The summed E-state index contributed by atoms with van der Waals surface area (Å²) in [5.74, 6) is 0.776. The Balaban J connectivity index is 1.50. The minimum Gasteiger partial charge on any atom is -0.372 e. The van der Waals surface area contributed by atoms with Gasteiger partial charge in [-0.2, -0.15) is 0 Å². The van der Waals surface area contributed by atoms with E-state index in [0.29, 0.717) is 6.61 Å². The highest BCUT2D eigenvalue weighted by atomic mass is 16.5. The SMILES string of the molecule is CNc1nccnc1C1CN(Cc2ccc3ccccc3n2)CCO1. The molecule has 0 radical (unpaired) electrons. The predicted octanol–water partition coefficient (Wildman–Crippen LogP) is 2.64. The largest absolute Gasteiger partial charge is 0.372 e. The fraction of sp³-hybridized carbons (Fsp3) is 0.316. The Labute approximate surface area is 146 Å². The number of aromatic nitrogens is 3. The summed E-state index contributed by atoms with van der Waals surface area (Å²) in [7, 11) is 1.85. The molecule has 1 aliphatic heterocycles. The number of morpholine rings is 1. The van der Waals surface area contributed by atoms with E-state index in [0.717, 1.165) is 42.4 Å². The van der Waals surface area contributed by atoms with Gasteiger partial charge in [-0.05, 0) is 12.1 Å². The molecule has 0 bridgehead atoms. The van der Waals surface area contributed by atoms with E-state index in [9.17, 15) is 0 Å². The lowest BCUT2D eigenvalue weighted by molar-refractivity contribution is -0.0350. The van der Waals surface area contributed by atoms with Crippen LogP contribution in [-0.4, -0.2) is 46.6 Å². The van der Waals surface area contributed by atoms with Gasteiger partial charge in [-0.15, -0.1) is 0 Å². The van der Waals surface area contributed by atoms with Gasteiger partial charge in [0, 0.05) is 44.5 Å². The zero-order valence-electron chi connectivity index (χ0n) is 14.2. The molecule has 6 nitrogen and oxygen atoms in total. The summed E-state index contributed by atoms with van der Waals surface area (Å²) in [6.07, 6.45) is 3.32. The van der Waals surface area contributed by atoms with Crippen LogP contribution in [0.4, 0.5) is 5.82 Å². The normalized spacial score (nSPS) is 18.4. The van der Waals surface area contributed by atoms with Crippen LogP contribution in [0.25, 0.3) is 10.9 Å². The van der Waals surface area contributed by atoms with E-state index >= 15 is 0 Å². The van der Waals surface area contributed by atoms with Gasteiger partial charge in [-0.25, -0.2) is 4.98 Å². The maximum absolute atomic E-state index is 5.94. The van der Waals surface area contributed by atoms with Gasteiger partial charge in [-0.3, -0.25) is 14.9 Å². The number of ether oxygens (including phenoxy) is 1. The second-order valence-corrected chi connectivity index (χ2v) is 6.13. The molecule has 3 heterocycles. The van der Waals surface area contributed by atoms with Crippen LogP contribution in [0, 0.1) is 0 Å². The summed E-state index contributed by atoms with van der Waals surface area (Å²) in [5.41, 5.74) is 2.98. The smallest absolute Gasteiger partial charge is 0.150 e. The molecule has 0 spiro atoms. The number of benzene rings is 1. The third-order valence-electron chi connectivity index (χ3n) is 4.46. The zero-order valence-corrected chi connectivity index (χ0v) is 14.2. The van der Waals surface area contributed by atoms with E-state index in [1.165, 1.54) is 5.39 Å². The second kappa shape index (κ2) is 7.13. The Morgan fingerprint density at radius 2 is 2.04 bits per heavy atom. The Hall–Kier alpha value is -2.57. The highest BCUT2D eigenvalue weighted by Gasteiger charge is 2.25. The molecule has 1 aromatic carbocycles. The van der Waals surface area contributed by atoms with Crippen molar-refractivity contribution in [3.05, 3.63) is 60.2 Å². The summed E-state index contributed by atoms with van der Waals surface area (Å²) < 4.78 is 5.94. The van der Waals surface area contributed by atoms with Crippen LogP contribution in [-0.2, 0) is 11.3 Å². The molecule has 25 heavy (non-hydrogen) atoms. The number of para-hydroxylation sites is 1. The molecule has 1 unspecified atom stereocenters. The molecule has 128 valence electrons. The molecular weight excluding hydrogens is 314 g/mol. The van der Waals surface area contributed by atoms with Crippen LogP contribution in [0.3, 0.4) is 0 Å². The highest BCUT2D eigenvalue weighted by molar-refractivity contribution is 5.78. The van der Waals surface area contributed by atoms with E-state index in [2.05, 4.69) is 44.5 Å².